The summed E-state index contributed by atoms with van der Waals surface area (Å²) in [6.45, 7) is 0.440. The molecule has 10 nitrogen and oxygen atoms in total. The number of nitrogens with one attached hydrogen (secondary N) is 2. The van der Waals surface area contributed by atoms with Crippen LogP contribution < -0.4 is 15.2 Å². The number of hydrogen-bond acceptors (Lipinski definition) is 7. The fraction of sp³-hybridized carbons (Fsp3) is 0.250. The van der Waals surface area contributed by atoms with E-state index in [9.17, 15) is 26.9 Å². The summed E-state index contributed by atoms with van der Waals surface area (Å²) in [5, 5.41) is 10.3. The number of nitro benzene ring substituents is 1. The number of hydrogen-bond donors (Lipinski definition) is 3. The molecule has 0 bridgehead atoms. The first-order valence-corrected chi connectivity index (χ1v) is 11.6. The lowest BCUT2D eigenvalue weighted by atomic mass is 10.2. The van der Waals surface area contributed by atoms with Gasteiger partial charge in [0.1, 0.15) is 0 Å². The molecule has 0 unspecified atom stereocenters. The third-order valence-corrected chi connectivity index (χ3v) is 4.54. The Morgan fingerprint density at radius 1 is 0.821 bits per heavy atom. The summed E-state index contributed by atoms with van der Waals surface area (Å²) in [6, 6.07) is 12.7. The first kappa shape index (κ1) is 23.5. The molecule has 12 heteroatoms. The highest BCUT2D eigenvalue weighted by atomic mass is 32.2. The van der Waals surface area contributed by atoms with Gasteiger partial charge in [-0.05, 0) is 23.3 Å². The van der Waals surface area contributed by atoms with Gasteiger partial charge in [-0.2, -0.15) is 0 Å². The number of anilines is 1. The molecule has 4 N–H and O–H groups in total. The van der Waals surface area contributed by atoms with Crippen LogP contribution >= 0.6 is 0 Å². The maximum absolute atomic E-state index is 10.8. The van der Waals surface area contributed by atoms with Gasteiger partial charge in [0.15, 0.2) is 0 Å². The smallest absolute Gasteiger partial charge is 0.269 e. The Morgan fingerprint density at radius 3 is 1.50 bits per heavy atom. The Labute approximate surface area is 164 Å². The maximum atomic E-state index is 10.8. The monoisotopic (exact) mass is 430 g/mol. The van der Waals surface area contributed by atoms with Crippen LogP contribution in [0.4, 0.5) is 11.4 Å². The van der Waals surface area contributed by atoms with Crippen LogP contribution in [0.1, 0.15) is 11.1 Å². The van der Waals surface area contributed by atoms with Crippen LogP contribution in [0, 0.1) is 10.1 Å². The normalized spacial score (nSPS) is 11.4. The summed E-state index contributed by atoms with van der Waals surface area (Å²) in [4.78, 5) is 9.82. The largest absolute Gasteiger partial charge is 0.399 e. The molecule has 2 aromatic carbocycles. The van der Waals surface area contributed by atoms with Gasteiger partial charge >= 0.3 is 0 Å². The average Bonchev–Trinajstić information content (AvgIpc) is 2.59. The summed E-state index contributed by atoms with van der Waals surface area (Å²) >= 11 is 0. The van der Waals surface area contributed by atoms with Crippen LogP contribution in [-0.2, 0) is 33.1 Å². The van der Waals surface area contributed by atoms with Gasteiger partial charge in [0.05, 0.1) is 17.4 Å². The van der Waals surface area contributed by atoms with Crippen molar-refractivity contribution in [2.75, 3.05) is 18.2 Å². The fourth-order valence-corrected chi connectivity index (χ4v) is 2.66. The number of nitrogen functional groups attached to an aromatic ring is 1. The number of benzene rings is 2. The molecular weight excluding hydrogens is 408 g/mol. The Morgan fingerprint density at radius 2 is 1.18 bits per heavy atom. The molecule has 0 aliphatic carbocycles. The van der Waals surface area contributed by atoms with E-state index in [0.29, 0.717) is 17.8 Å². The lowest BCUT2D eigenvalue weighted by Gasteiger charge is -2.02. The number of nitrogens with zero attached hydrogens (tertiary/aromatic N) is 1. The molecule has 2 aromatic rings. The van der Waals surface area contributed by atoms with Crippen LogP contribution in [-0.4, -0.2) is 34.3 Å². The second kappa shape index (κ2) is 10.1. The van der Waals surface area contributed by atoms with E-state index in [0.717, 1.165) is 18.1 Å². The zero-order valence-corrected chi connectivity index (χ0v) is 17.0. The summed E-state index contributed by atoms with van der Waals surface area (Å²) < 4.78 is 47.7. The van der Waals surface area contributed by atoms with Gasteiger partial charge in [-0.15, -0.1) is 0 Å². The van der Waals surface area contributed by atoms with Gasteiger partial charge in [-0.1, -0.05) is 24.3 Å². The van der Waals surface area contributed by atoms with E-state index in [1.54, 1.807) is 24.3 Å². The molecule has 0 amide bonds. The summed E-state index contributed by atoms with van der Waals surface area (Å²) in [6.07, 6.45) is 2.18. The van der Waals surface area contributed by atoms with Gasteiger partial charge in [0, 0.05) is 30.9 Å². The van der Waals surface area contributed by atoms with Crippen LogP contribution in [0.2, 0.25) is 0 Å². The lowest BCUT2D eigenvalue weighted by Crippen LogP contribution is -2.21. The summed E-state index contributed by atoms with van der Waals surface area (Å²) in [7, 11) is -6.35. The van der Waals surface area contributed by atoms with Gasteiger partial charge in [-0.3, -0.25) is 10.1 Å². The third kappa shape index (κ3) is 10.6. The van der Waals surface area contributed by atoms with E-state index in [1.165, 1.54) is 24.3 Å². The first-order chi connectivity index (χ1) is 12.9. The van der Waals surface area contributed by atoms with Crippen LogP contribution in [0.3, 0.4) is 0 Å². The Hall–Kier alpha value is -2.54. The molecule has 154 valence electrons. The zero-order chi connectivity index (χ0) is 21.4. The SMILES string of the molecule is CS(=O)(=O)NCc1ccc(N)cc1.CS(=O)(=O)NCc1ccc([N+](=O)[O-])cc1. The van der Waals surface area contributed by atoms with Crippen molar-refractivity contribution in [3.63, 3.8) is 0 Å². The van der Waals surface area contributed by atoms with E-state index in [2.05, 4.69) is 9.44 Å². The van der Waals surface area contributed by atoms with Gasteiger partial charge < -0.3 is 5.73 Å². The highest BCUT2D eigenvalue weighted by Crippen LogP contribution is 2.11. The minimum atomic E-state index is -3.23. The number of rotatable bonds is 7. The molecule has 0 spiro atoms. The summed E-state index contributed by atoms with van der Waals surface area (Å²) in [5.74, 6) is 0. The topological polar surface area (TPSA) is 162 Å². The van der Waals surface area contributed by atoms with E-state index in [1.807, 2.05) is 0 Å². The average molecular weight is 431 g/mol. The number of nitrogens with two attached hydrogens (primary N) is 1. The first-order valence-electron chi connectivity index (χ1n) is 7.83. The standard InChI is InChI=1S/C8H10N2O4S.C8H12N2O2S/c1-15(13,14)9-6-7-2-4-8(5-3-7)10(11)12;1-13(11,12)10-6-7-2-4-8(9)5-3-7/h2-5,9H,6H2,1H3;2-5,10H,6,9H2,1H3. The molecule has 0 fully saturated rings. The van der Waals surface area contributed by atoms with Crippen molar-refractivity contribution in [1.29, 1.82) is 0 Å². The quantitative estimate of drug-likeness (QED) is 0.335. The second-order valence-corrected chi connectivity index (χ2v) is 9.52. The predicted molar refractivity (Wildman–Crippen MR) is 107 cm³/mol. The Kier molecular flexibility index (Phi) is 8.50. The third-order valence-electron chi connectivity index (χ3n) is 3.20. The van der Waals surface area contributed by atoms with Crippen molar-refractivity contribution in [2.24, 2.45) is 0 Å². The molecular formula is C16H22N4O6S2. The van der Waals surface area contributed by atoms with Crippen molar-refractivity contribution in [1.82, 2.24) is 9.44 Å². The molecule has 28 heavy (non-hydrogen) atoms. The molecule has 0 aliphatic heterocycles. The van der Waals surface area contributed by atoms with Crippen molar-refractivity contribution < 1.29 is 21.8 Å². The van der Waals surface area contributed by atoms with Crippen LogP contribution in [0.25, 0.3) is 0 Å². The van der Waals surface area contributed by atoms with Crippen molar-refractivity contribution in [3.8, 4) is 0 Å². The molecule has 0 heterocycles. The van der Waals surface area contributed by atoms with Crippen molar-refractivity contribution in [3.05, 3.63) is 69.8 Å². The van der Waals surface area contributed by atoms with Gasteiger partial charge in [0.2, 0.25) is 20.0 Å². The van der Waals surface area contributed by atoms with E-state index in [4.69, 9.17) is 5.73 Å². The maximum Gasteiger partial charge on any atom is 0.269 e. The van der Waals surface area contributed by atoms with Crippen molar-refractivity contribution in [2.45, 2.75) is 13.1 Å². The number of sulfonamides is 2. The fourth-order valence-electron chi connectivity index (χ4n) is 1.80. The van der Waals surface area contributed by atoms with Gasteiger partial charge in [0.25, 0.3) is 5.69 Å². The Bertz CT molecular complexity index is 988. The van der Waals surface area contributed by atoms with Gasteiger partial charge in [-0.25, -0.2) is 26.3 Å². The number of nitro groups is 1. The molecule has 0 aromatic heterocycles. The molecule has 0 saturated heterocycles. The Balaban J connectivity index is 0.000000283. The van der Waals surface area contributed by atoms with Crippen LogP contribution in [0.15, 0.2) is 48.5 Å². The van der Waals surface area contributed by atoms with E-state index >= 15 is 0 Å². The summed E-state index contributed by atoms with van der Waals surface area (Å²) in [5.41, 5.74) is 7.68. The minimum absolute atomic E-state index is 0.0156. The molecule has 0 radical (unpaired) electrons. The van der Waals surface area contributed by atoms with E-state index in [-0.39, 0.29) is 12.2 Å². The molecule has 0 saturated carbocycles. The predicted octanol–water partition coefficient (Wildman–Crippen LogP) is 0.962. The zero-order valence-electron chi connectivity index (χ0n) is 15.3. The van der Waals surface area contributed by atoms with Crippen LogP contribution in [0.5, 0.6) is 0 Å². The number of non-ortho nitro benzene ring substituents is 1. The molecule has 0 aliphatic rings. The highest BCUT2D eigenvalue weighted by molar-refractivity contribution is 7.88. The minimum Gasteiger partial charge on any atom is -0.399 e. The van der Waals surface area contributed by atoms with Crippen molar-refractivity contribution >= 4 is 31.4 Å². The van der Waals surface area contributed by atoms with E-state index < -0.39 is 25.0 Å². The second-order valence-electron chi connectivity index (χ2n) is 5.85. The molecule has 2 rings (SSSR count). The highest BCUT2D eigenvalue weighted by Gasteiger charge is 2.05. The lowest BCUT2D eigenvalue weighted by molar-refractivity contribution is -0.384. The molecule has 0 atom stereocenters.